The summed E-state index contributed by atoms with van der Waals surface area (Å²) in [5, 5.41) is 10.9. The van der Waals surface area contributed by atoms with Crippen LogP contribution in [-0.4, -0.2) is 67.0 Å². The van der Waals surface area contributed by atoms with Crippen LogP contribution >= 0.6 is 15.9 Å². The Labute approximate surface area is 236 Å². The average molecular weight is 595 g/mol. The summed E-state index contributed by atoms with van der Waals surface area (Å²) in [4.78, 5) is 19.4. The van der Waals surface area contributed by atoms with Gasteiger partial charge in [0.25, 0.3) is 5.91 Å². The zero-order valence-corrected chi connectivity index (χ0v) is 23.2. The van der Waals surface area contributed by atoms with E-state index in [1.165, 1.54) is 0 Å². The number of carbonyl (C=O) groups is 1. The van der Waals surface area contributed by atoms with E-state index in [0.29, 0.717) is 57.4 Å². The minimum Gasteiger partial charge on any atom is -0.494 e. The first-order chi connectivity index (χ1) is 19.1. The molecule has 8 nitrogen and oxygen atoms in total. The molecule has 0 bridgehead atoms. The Balaban J connectivity index is 1.55. The first-order valence-electron chi connectivity index (χ1n) is 13.1. The third-order valence-electron chi connectivity index (χ3n) is 6.82. The van der Waals surface area contributed by atoms with Crippen molar-refractivity contribution in [3.63, 3.8) is 0 Å². The van der Waals surface area contributed by atoms with Crippen molar-refractivity contribution in [3.05, 3.63) is 100 Å². The summed E-state index contributed by atoms with van der Waals surface area (Å²) >= 11 is 3.67. The van der Waals surface area contributed by atoms with Gasteiger partial charge in [-0.05, 0) is 41.5 Å². The van der Waals surface area contributed by atoms with E-state index in [4.69, 9.17) is 24.3 Å². The summed E-state index contributed by atoms with van der Waals surface area (Å²) in [6.07, 6.45) is 0.240. The molecule has 204 valence electrons. The van der Waals surface area contributed by atoms with Gasteiger partial charge in [0.2, 0.25) is 5.90 Å². The maximum atomic E-state index is 14.3. The highest BCUT2D eigenvalue weighted by atomic mass is 79.9. The molecule has 1 amide bonds. The van der Waals surface area contributed by atoms with Gasteiger partial charge in [-0.2, -0.15) is 0 Å². The highest BCUT2D eigenvalue weighted by molar-refractivity contribution is 9.10. The average Bonchev–Trinajstić information content (AvgIpc) is 3.36. The SMILES string of the molecule is O=C(NN1CCOCC1)[C@@]1(Cc2ccccc2Br)N=C(c2ccc(OCCCO)cc2)O[C@H]1c1ccccc1. The Morgan fingerprint density at radius 1 is 1.05 bits per heavy atom. The predicted octanol–water partition coefficient (Wildman–Crippen LogP) is 4.07. The number of morpholine rings is 1. The maximum Gasteiger partial charge on any atom is 0.266 e. The molecule has 0 spiro atoms. The number of hydrazine groups is 1. The molecule has 0 aliphatic carbocycles. The Kier molecular flexibility index (Phi) is 8.93. The lowest BCUT2D eigenvalue weighted by atomic mass is 9.82. The molecule has 1 saturated heterocycles. The van der Waals surface area contributed by atoms with Gasteiger partial charge in [-0.15, -0.1) is 0 Å². The molecular formula is C30H32BrN3O5. The predicted molar refractivity (Wildman–Crippen MR) is 152 cm³/mol. The number of nitrogens with zero attached hydrogens (tertiary/aromatic N) is 2. The van der Waals surface area contributed by atoms with Crippen molar-refractivity contribution < 1.29 is 24.1 Å². The van der Waals surface area contributed by atoms with Gasteiger partial charge in [0.15, 0.2) is 11.6 Å². The minimum atomic E-state index is -1.27. The number of ether oxygens (including phenoxy) is 3. The highest BCUT2D eigenvalue weighted by Crippen LogP contribution is 2.43. The second kappa shape index (κ2) is 12.7. The van der Waals surface area contributed by atoms with Crippen molar-refractivity contribution in [1.82, 2.24) is 10.4 Å². The van der Waals surface area contributed by atoms with Crippen LogP contribution in [0.25, 0.3) is 0 Å². The van der Waals surface area contributed by atoms with Gasteiger partial charge in [0, 0.05) is 42.6 Å². The fourth-order valence-corrected chi connectivity index (χ4v) is 5.18. The number of aliphatic hydroxyl groups excluding tert-OH is 1. The lowest BCUT2D eigenvalue weighted by Gasteiger charge is -2.34. The van der Waals surface area contributed by atoms with Gasteiger partial charge in [-0.25, -0.2) is 10.0 Å². The molecule has 2 heterocycles. The van der Waals surface area contributed by atoms with Crippen molar-refractivity contribution in [1.29, 1.82) is 0 Å². The van der Waals surface area contributed by atoms with Gasteiger partial charge >= 0.3 is 0 Å². The lowest BCUT2D eigenvalue weighted by molar-refractivity contribution is -0.136. The summed E-state index contributed by atoms with van der Waals surface area (Å²) in [5.41, 5.74) is 4.42. The quantitative estimate of drug-likeness (QED) is 0.344. The van der Waals surface area contributed by atoms with Crippen LogP contribution in [0, 0.1) is 0 Å². The lowest BCUT2D eigenvalue weighted by Crippen LogP contribution is -2.57. The van der Waals surface area contributed by atoms with Gasteiger partial charge < -0.3 is 19.3 Å². The number of aliphatic imine (C=N–C) groups is 1. The minimum absolute atomic E-state index is 0.0791. The molecule has 3 aromatic rings. The molecular weight excluding hydrogens is 562 g/mol. The van der Waals surface area contributed by atoms with Crippen LogP contribution in [0.4, 0.5) is 0 Å². The van der Waals surface area contributed by atoms with Crippen molar-refractivity contribution >= 4 is 27.7 Å². The first kappa shape index (κ1) is 27.3. The van der Waals surface area contributed by atoms with Gasteiger partial charge in [0.05, 0.1) is 19.8 Å². The fourth-order valence-electron chi connectivity index (χ4n) is 4.76. The highest BCUT2D eigenvalue weighted by Gasteiger charge is 2.54. The first-order valence-corrected chi connectivity index (χ1v) is 13.9. The molecule has 0 radical (unpaired) electrons. The van der Waals surface area contributed by atoms with E-state index < -0.39 is 11.6 Å². The van der Waals surface area contributed by atoms with E-state index in [1.54, 1.807) is 0 Å². The van der Waals surface area contributed by atoms with Crippen LogP contribution in [0.2, 0.25) is 0 Å². The van der Waals surface area contributed by atoms with Gasteiger partial charge in [-0.3, -0.25) is 10.2 Å². The second-order valence-electron chi connectivity index (χ2n) is 9.51. The molecule has 39 heavy (non-hydrogen) atoms. The standard InChI is InChI=1S/C30H32BrN3O5/c31-26-10-5-4-9-24(26)21-30(29(36)33-34-15-19-37-20-16-34)27(22-7-2-1-3-8-22)39-28(32-30)23-11-13-25(14-12-23)38-18-6-17-35/h1-5,7-14,27,35H,6,15-21H2,(H,33,36)/t27-,30-/m0/s1. The number of rotatable bonds is 10. The van der Waals surface area contributed by atoms with Crippen molar-refractivity contribution in [2.75, 3.05) is 39.5 Å². The van der Waals surface area contributed by atoms with Crippen LogP contribution in [0.5, 0.6) is 5.75 Å². The third kappa shape index (κ3) is 6.33. The molecule has 2 aliphatic rings. The number of hydrogen-bond donors (Lipinski definition) is 2. The topological polar surface area (TPSA) is 92.6 Å². The van der Waals surface area contributed by atoms with Crippen LogP contribution < -0.4 is 10.2 Å². The molecule has 3 aromatic carbocycles. The molecule has 2 aliphatic heterocycles. The normalized spacial score (nSPS) is 21.2. The van der Waals surface area contributed by atoms with E-state index in [2.05, 4.69) is 21.4 Å². The molecule has 0 saturated carbocycles. The fraction of sp³-hybridized carbons (Fsp3) is 0.333. The molecule has 9 heteroatoms. The smallest absolute Gasteiger partial charge is 0.266 e. The summed E-state index contributed by atoms with van der Waals surface area (Å²) < 4.78 is 18.6. The van der Waals surface area contributed by atoms with Crippen molar-refractivity contribution in [2.45, 2.75) is 24.5 Å². The number of benzene rings is 3. The molecule has 0 unspecified atom stereocenters. The zero-order valence-electron chi connectivity index (χ0n) is 21.6. The van der Waals surface area contributed by atoms with Crippen LogP contribution in [0.3, 0.4) is 0 Å². The van der Waals surface area contributed by atoms with Crippen molar-refractivity contribution in [2.24, 2.45) is 4.99 Å². The number of carbonyl (C=O) groups excluding carboxylic acids is 1. The third-order valence-corrected chi connectivity index (χ3v) is 7.59. The Bertz CT molecular complexity index is 1280. The van der Waals surface area contributed by atoms with E-state index in [9.17, 15) is 4.79 Å². The van der Waals surface area contributed by atoms with Crippen LogP contribution in [-0.2, 0) is 20.7 Å². The second-order valence-corrected chi connectivity index (χ2v) is 10.4. The van der Waals surface area contributed by atoms with Gasteiger partial charge in [0.1, 0.15) is 5.75 Å². The van der Waals surface area contributed by atoms with E-state index in [0.717, 1.165) is 21.2 Å². The Morgan fingerprint density at radius 2 is 1.77 bits per heavy atom. The summed E-state index contributed by atoms with van der Waals surface area (Å²) in [7, 11) is 0. The maximum absolute atomic E-state index is 14.3. The molecule has 2 atom stereocenters. The van der Waals surface area contributed by atoms with E-state index in [-0.39, 0.29) is 12.5 Å². The monoisotopic (exact) mass is 593 g/mol. The van der Waals surface area contributed by atoms with Crippen molar-refractivity contribution in [3.8, 4) is 5.75 Å². The zero-order chi connectivity index (χ0) is 27.1. The largest absolute Gasteiger partial charge is 0.494 e. The van der Waals surface area contributed by atoms with E-state index >= 15 is 0 Å². The number of hydrogen-bond acceptors (Lipinski definition) is 7. The summed E-state index contributed by atoms with van der Waals surface area (Å²) in [5.74, 6) is 0.859. The molecule has 1 fully saturated rings. The summed E-state index contributed by atoms with van der Waals surface area (Å²) in [6.45, 7) is 2.81. The van der Waals surface area contributed by atoms with Gasteiger partial charge in [-0.1, -0.05) is 64.5 Å². The van der Waals surface area contributed by atoms with Crippen LogP contribution in [0.15, 0.2) is 88.3 Å². The van der Waals surface area contributed by atoms with E-state index in [1.807, 2.05) is 83.9 Å². The number of amides is 1. The number of halogens is 1. The molecule has 2 N–H and O–H groups in total. The number of aliphatic hydroxyl groups is 1. The summed E-state index contributed by atoms with van der Waals surface area (Å²) in [6, 6.07) is 25.1. The number of nitrogens with one attached hydrogen (secondary N) is 1. The molecule has 5 rings (SSSR count). The Hall–Kier alpha value is -3.24. The Morgan fingerprint density at radius 3 is 2.49 bits per heavy atom. The molecule has 0 aromatic heterocycles. The van der Waals surface area contributed by atoms with Crippen LogP contribution in [0.1, 0.15) is 29.2 Å².